The Kier molecular flexibility index (Phi) is 5.99. The zero-order valence-electron chi connectivity index (χ0n) is 13.6. The Balaban J connectivity index is 2.14. The third-order valence-corrected chi connectivity index (χ3v) is 3.42. The van der Waals surface area contributed by atoms with Crippen molar-refractivity contribution in [2.75, 3.05) is 14.2 Å². The van der Waals surface area contributed by atoms with E-state index in [0.717, 1.165) is 18.2 Å². The highest BCUT2D eigenvalue weighted by Gasteiger charge is 2.23. The molecule has 0 fully saturated rings. The first kappa shape index (κ1) is 18.3. The minimum Gasteiger partial charge on any atom is -0.481 e. The number of hydrogen-bond acceptors (Lipinski definition) is 5. The van der Waals surface area contributed by atoms with Crippen molar-refractivity contribution in [3.05, 3.63) is 59.3 Å². The highest BCUT2D eigenvalue weighted by atomic mass is 19.2. The summed E-state index contributed by atoms with van der Waals surface area (Å²) in [5.74, 6) is -3.21. The van der Waals surface area contributed by atoms with Crippen molar-refractivity contribution in [2.45, 2.75) is 12.5 Å². The van der Waals surface area contributed by atoms with Gasteiger partial charge in [0, 0.05) is 24.2 Å². The molecular formula is C17H16F2N2O4. The Bertz CT molecular complexity index is 766. The van der Waals surface area contributed by atoms with Crippen LogP contribution in [-0.4, -0.2) is 37.1 Å². The molecule has 25 heavy (non-hydrogen) atoms. The lowest BCUT2D eigenvalue weighted by atomic mass is 10.1. The van der Waals surface area contributed by atoms with Crippen LogP contribution < -0.4 is 10.1 Å². The fourth-order valence-electron chi connectivity index (χ4n) is 2.10. The number of amides is 1. The van der Waals surface area contributed by atoms with E-state index in [1.54, 1.807) is 12.1 Å². The fourth-order valence-corrected chi connectivity index (χ4v) is 2.10. The summed E-state index contributed by atoms with van der Waals surface area (Å²) in [4.78, 5) is 28.1. The predicted octanol–water partition coefficient (Wildman–Crippen LogP) is 1.88. The highest BCUT2D eigenvalue weighted by molar-refractivity contribution is 5.96. The maximum absolute atomic E-state index is 13.3. The lowest BCUT2D eigenvalue weighted by Crippen LogP contribution is -2.43. The Morgan fingerprint density at radius 2 is 1.92 bits per heavy atom. The summed E-state index contributed by atoms with van der Waals surface area (Å²) < 4.78 is 35.8. The van der Waals surface area contributed by atoms with Gasteiger partial charge in [0.2, 0.25) is 5.88 Å². The molecule has 0 bridgehead atoms. The van der Waals surface area contributed by atoms with Crippen LogP contribution in [0.2, 0.25) is 0 Å². The average molecular weight is 350 g/mol. The molecule has 0 aliphatic carbocycles. The predicted molar refractivity (Wildman–Crippen MR) is 84.1 cm³/mol. The number of nitrogens with one attached hydrogen (secondary N) is 1. The molecule has 2 rings (SSSR count). The van der Waals surface area contributed by atoms with Crippen LogP contribution in [0.15, 0.2) is 36.5 Å². The number of carbonyl (C=O) groups is 2. The summed E-state index contributed by atoms with van der Waals surface area (Å²) in [6, 6.07) is 5.00. The second-order valence-corrected chi connectivity index (χ2v) is 5.09. The highest BCUT2D eigenvalue weighted by Crippen LogP contribution is 2.12. The van der Waals surface area contributed by atoms with Crippen LogP contribution in [0, 0.1) is 11.6 Å². The zero-order valence-corrected chi connectivity index (χ0v) is 13.6. The maximum atomic E-state index is 13.3. The van der Waals surface area contributed by atoms with E-state index in [0.29, 0.717) is 11.4 Å². The van der Waals surface area contributed by atoms with Gasteiger partial charge in [-0.15, -0.1) is 0 Å². The molecule has 8 heteroatoms. The number of carbonyl (C=O) groups excluding carboxylic acids is 2. The molecule has 0 aliphatic rings. The molecule has 0 aliphatic heterocycles. The Morgan fingerprint density at radius 3 is 2.48 bits per heavy atom. The van der Waals surface area contributed by atoms with Crippen LogP contribution in [0.1, 0.15) is 15.9 Å². The summed E-state index contributed by atoms with van der Waals surface area (Å²) in [7, 11) is 2.66. The summed E-state index contributed by atoms with van der Waals surface area (Å²) in [6.07, 6.45) is 1.61. The summed E-state index contributed by atoms with van der Waals surface area (Å²) >= 11 is 0. The number of rotatable bonds is 6. The van der Waals surface area contributed by atoms with Gasteiger partial charge in [-0.05, 0) is 23.8 Å². The van der Waals surface area contributed by atoms with E-state index in [9.17, 15) is 18.4 Å². The van der Waals surface area contributed by atoms with E-state index in [1.165, 1.54) is 20.4 Å². The molecule has 1 atom stereocenters. The lowest BCUT2D eigenvalue weighted by Gasteiger charge is -2.16. The van der Waals surface area contributed by atoms with Crippen molar-refractivity contribution in [1.82, 2.24) is 10.3 Å². The molecule has 0 saturated carbocycles. The summed E-state index contributed by atoms with van der Waals surface area (Å²) in [5, 5.41) is 2.45. The lowest BCUT2D eigenvalue weighted by molar-refractivity contribution is -0.142. The van der Waals surface area contributed by atoms with Gasteiger partial charge in [-0.25, -0.2) is 18.6 Å². The minimum absolute atomic E-state index is 0.110. The molecule has 0 spiro atoms. The van der Waals surface area contributed by atoms with Gasteiger partial charge < -0.3 is 14.8 Å². The molecule has 1 aromatic heterocycles. The van der Waals surface area contributed by atoms with Crippen molar-refractivity contribution in [1.29, 1.82) is 0 Å². The number of methoxy groups -OCH3 is 2. The van der Waals surface area contributed by atoms with Crippen LogP contribution in [0.3, 0.4) is 0 Å². The number of halogens is 2. The van der Waals surface area contributed by atoms with Gasteiger partial charge in [0.05, 0.1) is 14.2 Å². The van der Waals surface area contributed by atoms with E-state index >= 15 is 0 Å². The molecule has 2 aromatic rings. The van der Waals surface area contributed by atoms with Crippen LogP contribution in [0.25, 0.3) is 0 Å². The first-order valence-electron chi connectivity index (χ1n) is 7.27. The summed E-state index contributed by atoms with van der Waals surface area (Å²) in [5.41, 5.74) is 0.544. The molecular weight excluding hydrogens is 334 g/mol. The molecule has 0 saturated heterocycles. The number of benzene rings is 1. The number of hydrogen-bond donors (Lipinski definition) is 1. The molecule has 1 heterocycles. The van der Waals surface area contributed by atoms with E-state index < -0.39 is 29.6 Å². The third kappa shape index (κ3) is 4.72. The monoisotopic (exact) mass is 350 g/mol. The number of ether oxygens (including phenoxy) is 2. The van der Waals surface area contributed by atoms with Gasteiger partial charge >= 0.3 is 5.97 Å². The van der Waals surface area contributed by atoms with Crippen LogP contribution in [0.4, 0.5) is 8.78 Å². The number of nitrogens with zero attached hydrogens (tertiary/aromatic N) is 1. The Hall–Kier alpha value is -3.03. The van der Waals surface area contributed by atoms with Crippen molar-refractivity contribution < 1.29 is 27.8 Å². The molecule has 0 unspecified atom stereocenters. The van der Waals surface area contributed by atoms with Crippen molar-refractivity contribution in [2.24, 2.45) is 0 Å². The van der Waals surface area contributed by atoms with Crippen molar-refractivity contribution in [3.8, 4) is 5.88 Å². The summed E-state index contributed by atoms with van der Waals surface area (Å²) in [6.45, 7) is 0. The molecule has 1 aromatic carbocycles. The standard InChI is InChI=1S/C17H16F2N2O4/c1-24-15-6-3-10(9-20-15)7-14(17(23)25-2)21-16(22)11-4-5-12(18)13(19)8-11/h3-6,8-9,14H,7H2,1-2H3,(H,21,22)/t14-/m1/s1. The SMILES string of the molecule is COC(=O)[C@@H](Cc1ccc(OC)nc1)NC(=O)c1ccc(F)c(F)c1. The second-order valence-electron chi connectivity index (χ2n) is 5.09. The van der Waals surface area contributed by atoms with Crippen LogP contribution in [0.5, 0.6) is 5.88 Å². The largest absolute Gasteiger partial charge is 0.481 e. The van der Waals surface area contributed by atoms with Crippen molar-refractivity contribution >= 4 is 11.9 Å². The molecule has 1 amide bonds. The van der Waals surface area contributed by atoms with E-state index in [2.05, 4.69) is 15.0 Å². The smallest absolute Gasteiger partial charge is 0.328 e. The molecule has 6 nitrogen and oxygen atoms in total. The molecule has 132 valence electrons. The normalized spacial score (nSPS) is 11.5. The first-order valence-corrected chi connectivity index (χ1v) is 7.27. The van der Waals surface area contributed by atoms with Gasteiger partial charge in [-0.3, -0.25) is 4.79 Å². The number of esters is 1. The second kappa shape index (κ2) is 8.18. The van der Waals surface area contributed by atoms with Crippen LogP contribution in [-0.2, 0) is 16.0 Å². The van der Waals surface area contributed by atoms with Crippen LogP contribution >= 0.6 is 0 Å². The number of pyridine rings is 1. The topological polar surface area (TPSA) is 77.5 Å². The Morgan fingerprint density at radius 1 is 1.16 bits per heavy atom. The minimum atomic E-state index is -1.15. The van der Waals surface area contributed by atoms with Gasteiger partial charge in [0.1, 0.15) is 6.04 Å². The van der Waals surface area contributed by atoms with Gasteiger partial charge in [-0.1, -0.05) is 6.07 Å². The maximum Gasteiger partial charge on any atom is 0.328 e. The first-order chi connectivity index (χ1) is 11.9. The molecule has 1 N–H and O–H groups in total. The van der Waals surface area contributed by atoms with Gasteiger partial charge in [0.15, 0.2) is 11.6 Å². The zero-order chi connectivity index (χ0) is 18.4. The third-order valence-electron chi connectivity index (χ3n) is 3.42. The van der Waals surface area contributed by atoms with Gasteiger partial charge in [-0.2, -0.15) is 0 Å². The number of aromatic nitrogens is 1. The average Bonchev–Trinajstić information content (AvgIpc) is 2.63. The van der Waals surface area contributed by atoms with E-state index in [1.807, 2.05) is 0 Å². The quantitative estimate of drug-likeness (QED) is 0.805. The molecule has 0 radical (unpaired) electrons. The van der Waals surface area contributed by atoms with Crippen molar-refractivity contribution in [3.63, 3.8) is 0 Å². The Labute approximate surface area is 142 Å². The van der Waals surface area contributed by atoms with E-state index in [-0.39, 0.29) is 12.0 Å². The van der Waals surface area contributed by atoms with E-state index in [4.69, 9.17) is 4.74 Å². The fraction of sp³-hybridized carbons (Fsp3) is 0.235. The van der Waals surface area contributed by atoms with Gasteiger partial charge in [0.25, 0.3) is 5.91 Å².